The van der Waals surface area contributed by atoms with Crippen LogP contribution in [0.2, 0.25) is 0 Å². The van der Waals surface area contributed by atoms with Gasteiger partial charge in [0, 0.05) is 5.69 Å². The van der Waals surface area contributed by atoms with Crippen LogP contribution in [0.4, 0.5) is 10.1 Å². The van der Waals surface area contributed by atoms with Crippen LogP contribution in [-0.4, -0.2) is 25.1 Å². The second kappa shape index (κ2) is 11.7. The fourth-order valence-corrected chi connectivity index (χ4v) is 4.96. The van der Waals surface area contributed by atoms with Crippen molar-refractivity contribution in [3.8, 4) is 5.75 Å². The number of halogens is 1. The normalized spacial score (nSPS) is 14.4. The predicted molar refractivity (Wildman–Crippen MR) is 150 cm³/mol. The molecule has 0 N–H and O–H groups in total. The first-order chi connectivity index (χ1) is 19.4. The van der Waals surface area contributed by atoms with Crippen LogP contribution in [0, 0.1) is 5.82 Å². The van der Waals surface area contributed by atoms with E-state index in [1.165, 1.54) is 17.0 Å². The first-order valence-electron chi connectivity index (χ1n) is 13.5. The van der Waals surface area contributed by atoms with Gasteiger partial charge in [-0.25, -0.2) is 9.18 Å². The SMILES string of the molecule is CCCCCCOc1ccc(C2c3c(oc4ccc(F)cc4c3=O)C(=O)N2c2ccc(C(=O)OCC)cc2)cc1. The van der Waals surface area contributed by atoms with Gasteiger partial charge in [0.25, 0.3) is 5.91 Å². The summed E-state index contributed by atoms with van der Waals surface area (Å²) in [4.78, 5) is 41.1. The summed E-state index contributed by atoms with van der Waals surface area (Å²) in [6, 6.07) is 16.4. The highest BCUT2D eigenvalue weighted by molar-refractivity contribution is 6.10. The lowest BCUT2D eigenvalue weighted by atomic mass is 9.98. The molecular weight excluding hydrogens is 513 g/mol. The number of amides is 1. The van der Waals surface area contributed by atoms with E-state index in [0.29, 0.717) is 29.2 Å². The van der Waals surface area contributed by atoms with Gasteiger partial charge in [-0.15, -0.1) is 0 Å². The molecule has 1 aliphatic rings. The Hall–Kier alpha value is -4.46. The Morgan fingerprint density at radius 2 is 1.70 bits per heavy atom. The van der Waals surface area contributed by atoms with E-state index in [0.717, 1.165) is 31.7 Å². The number of unbranched alkanes of at least 4 members (excludes halogenated alkanes) is 3. The molecule has 0 radical (unpaired) electrons. The van der Waals surface area contributed by atoms with E-state index in [1.54, 1.807) is 31.2 Å². The molecule has 1 unspecified atom stereocenters. The smallest absolute Gasteiger partial charge is 0.338 e. The predicted octanol–water partition coefficient (Wildman–Crippen LogP) is 6.82. The Morgan fingerprint density at radius 3 is 2.40 bits per heavy atom. The number of rotatable bonds is 10. The zero-order valence-electron chi connectivity index (χ0n) is 22.4. The van der Waals surface area contributed by atoms with Crippen molar-refractivity contribution in [1.82, 2.24) is 0 Å². The molecule has 206 valence electrons. The second-order valence-corrected chi connectivity index (χ2v) is 9.64. The Morgan fingerprint density at radius 1 is 0.950 bits per heavy atom. The second-order valence-electron chi connectivity index (χ2n) is 9.64. The summed E-state index contributed by atoms with van der Waals surface area (Å²) in [5, 5.41) is 0.0584. The molecule has 0 spiro atoms. The summed E-state index contributed by atoms with van der Waals surface area (Å²) in [6.45, 7) is 4.72. The molecule has 8 heteroatoms. The molecule has 7 nitrogen and oxygen atoms in total. The maximum Gasteiger partial charge on any atom is 0.338 e. The number of anilines is 1. The number of nitrogens with zero attached hydrogens (tertiary/aromatic N) is 1. The fraction of sp³-hybridized carbons (Fsp3) is 0.281. The molecule has 1 aliphatic heterocycles. The minimum atomic E-state index is -0.835. The molecule has 4 aromatic rings. The Balaban J connectivity index is 1.55. The number of hydrogen-bond acceptors (Lipinski definition) is 6. The lowest BCUT2D eigenvalue weighted by Gasteiger charge is -2.25. The molecule has 0 saturated carbocycles. The van der Waals surface area contributed by atoms with Crippen molar-refractivity contribution in [3.05, 3.63) is 105 Å². The van der Waals surface area contributed by atoms with Crippen LogP contribution < -0.4 is 15.1 Å². The van der Waals surface area contributed by atoms with E-state index in [9.17, 15) is 18.8 Å². The zero-order chi connectivity index (χ0) is 28.2. The molecule has 40 heavy (non-hydrogen) atoms. The van der Waals surface area contributed by atoms with Crippen molar-refractivity contribution in [2.24, 2.45) is 0 Å². The maximum absolute atomic E-state index is 14.1. The third kappa shape index (κ3) is 5.21. The molecule has 0 saturated heterocycles. The molecule has 1 aromatic heterocycles. The molecule has 0 fully saturated rings. The van der Waals surface area contributed by atoms with E-state index < -0.39 is 29.2 Å². The van der Waals surface area contributed by atoms with Gasteiger partial charge in [0.05, 0.1) is 35.8 Å². The highest BCUT2D eigenvalue weighted by Crippen LogP contribution is 2.41. The lowest BCUT2D eigenvalue weighted by molar-refractivity contribution is 0.0526. The quantitative estimate of drug-likeness (QED) is 0.161. The Labute approximate surface area is 231 Å². The van der Waals surface area contributed by atoms with Gasteiger partial charge in [-0.1, -0.05) is 38.3 Å². The third-order valence-electron chi connectivity index (χ3n) is 6.95. The average Bonchev–Trinajstić information content (AvgIpc) is 3.26. The number of fused-ring (bicyclic) bond motifs is 2. The molecule has 2 heterocycles. The van der Waals surface area contributed by atoms with Crippen molar-refractivity contribution >= 4 is 28.5 Å². The van der Waals surface area contributed by atoms with Gasteiger partial charge in [-0.05, 0) is 73.5 Å². The molecule has 1 atom stereocenters. The molecule has 0 bridgehead atoms. The van der Waals surface area contributed by atoms with Gasteiger partial charge in [0.2, 0.25) is 5.76 Å². The van der Waals surface area contributed by atoms with Crippen molar-refractivity contribution < 1.29 is 27.9 Å². The van der Waals surface area contributed by atoms with Crippen LogP contribution in [0.5, 0.6) is 5.75 Å². The fourth-order valence-electron chi connectivity index (χ4n) is 4.96. The standard InChI is InChI=1S/C32H30FNO6/c1-3-5-6-7-18-39-24-15-10-20(11-16-24)28-27-29(35)25-19-22(33)12-17-26(25)40-30(27)31(36)34(28)23-13-8-21(9-14-23)32(37)38-4-2/h8-17,19,28H,3-7,18H2,1-2H3. The molecule has 5 rings (SSSR count). The number of carbonyl (C=O) groups is 2. The summed E-state index contributed by atoms with van der Waals surface area (Å²) in [7, 11) is 0. The van der Waals surface area contributed by atoms with E-state index in [-0.39, 0.29) is 28.9 Å². The summed E-state index contributed by atoms with van der Waals surface area (Å²) in [5.74, 6) is -0.976. The lowest BCUT2D eigenvalue weighted by Crippen LogP contribution is -2.29. The van der Waals surface area contributed by atoms with E-state index in [4.69, 9.17) is 13.9 Å². The number of esters is 1. The van der Waals surface area contributed by atoms with Crippen LogP contribution in [0.3, 0.4) is 0 Å². The van der Waals surface area contributed by atoms with E-state index >= 15 is 0 Å². The van der Waals surface area contributed by atoms with Crippen LogP contribution in [0.1, 0.15) is 77.6 Å². The van der Waals surface area contributed by atoms with Crippen LogP contribution in [0.15, 0.2) is 75.9 Å². The molecule has 3 aromatic carbocycles. The number of ether oxygens (including phenoxy) is 2. The van der Waals surface area contributed by atoms with Crippen molar-refractivity contribution in [3.63, 3.8) is 0 Å². The molecular formula is C32H30FNO6. The van der Waals surface area contributed by atoms with Crippen LogP contribution >= 0.6 is 0 Å². The molecule has 1 amide bonds. The van der Waals surface area contributed by atoms with Crippen molar-refractivity contribution in [2.75, 3.05) is 18.1 Å². The highest BCUT2D eigenvalue weighted by Gasteiger charge is 2.43. The van der Waals surface area contributed by atoms with Crippen LogP contribution in [0.25, 0.3) is 11.0 Å². The monoisotopic (exact) mass is 543 g/mol. The minimum Gasteiger partial charge on any atom is -0.494 e. The Kier molecular flexibility index (Phi) is 7.96. The minimum absolute atomic E-state index is 0.0584. The summed E-state index contributed by atoms with van der Waals surface area (Å²) in [6.07, 6.45) is 4.37. The van der Waals surface area contributed by atoms with Crippen molar-refractivity contribution in [2.45, 2.75) is 45.6 Å². The maximum atomic E-state index is 14.1. The van der Waals surface area contributed by atoms with E-state index in [1.807, 2.05) is 24.3 Å². The number of carbonyl (C=O) groups excluding carboxylic acids is 2. The topological polar surface area (TPSA) is 86.0 Å². The summed E-state index contributed by atoms with van der Waals surface area (Å²) >= 11 is 0. The first-order valence-corrected chi connectivity index (χ1v) is 13.5. The van der Waals surface area contributed by atoms with Gasteiger partial charge in [0.15, 0.2) is 5.43 Å². The number of hydrogen-bond donors (Lipinski definition) is 0. The summed E-state index contributed by atoms with van der Waals surface area (Å²) < 4.78 is 30.9. The van der Waals surface area contributed by atoms with Gasteiger partial charge in [-0.3, -0.25) is 14.5 Å². The van der Waals surface area contributed by atoms with Gasteiger partial charge in [-0.2, -0.15) is 0 Å². The van der Waals surface area contributed by atoms with E-state index in [2.05, 4.69) is 6.92 Å². The first kappa shape index (κ1) is 27.1. The van der Waals surface area contributed by atoms with Crippen molar-refractivity contribution in [1.29, 1.82) is 0 Å². The van der Waals surface area contributed by atoms with Gasteiger partial charge >= 0.3 is 5.97 Å². The van der Waals surface area contributed by atoms with Gasteiger partial charge in [0.1, 0.15) is 17.1 Å². The largest absolute Gasteiger partial charge is 0.494 e. The molecule has 0 aliphatic carbocycles. The van der Waals surface area contributed by atoms with Gasteiger partial charge < -0.3 is 13.9 Å². The Bertz CT molecular complexity index is 1590. The summed E-state index contributed by atoms with van der Waals surface area (Å²) in [5.41, 5.74) is 1.23. The highest BCUT2D eigenvalue weighted by atomic mass is 19.1. The average molecular weight is 544 g/mol. The third-order valence-corrected chi connectivity index (χ3v) is 6.95. The zero-order valence-corrected chi connectivity index (χ0v) is 22.4. The van der Waals surface area contributed by atoms with Crippen LogP contribution in [-0.2, 0) is 4.74 Å². The number of benzene rings is 3.